The van der Waals surface area contributed by atoms with Gasteiger partial charge in [-0.3, -0.25) is 4.79 Å². The van der Waals surface area contributed by atoms with E-state index < -0.39 is 5.97 Å². The Morgan fingerprint density at radius 2 is 1.84 bits per heavy atom. The molecule has 0 saturated carbocycles. The zero-order valence-electron chi connectivity index (χ0n) is 11.5. The zero-order valence-corrected chi connectivity index (χ0v) is 13.5. The summed E-state index contributed by atoms with van der Waals surface area (Å²) < 4.78 is 0. The summed E-state index contributed by atoms with van der Waals surface area (Å²) >= 11 is 0. The Hall–Kier alpha value is -0.840. The maximum Gasteiger partial charge on any atom is 1.00 e. The number of aliphatic carboxylic acids is 1. The van der Waals surface area contributed by atoms with Crippen molar-refractivity contribution in [2.24, 2.45) is 0 Å². The summed E-state index contributed by atoms with van der Waals surface area (Å²) in [6.07, 6.45) is 0.491. The van der Waals surface area contributed by atoms with E-state index in [0.717, 1.165) is 0 Å². The Bertz CT molecular complexity index is 395. The van der Waals surface area contributed by atoms with E-state index in [2.05, 4.69) is 5.32 Å². The fraction of sp³-hybridized carbons (Fsp3) is 0.429. The van der Waals surface area contributed by atoms with Crippen LogP contribution in [0.15, 0.2) is 30.3 Å². The summed E-state index contributed by atoms with van der Waals surface area (Å²) in [5, 5.41) is 13.0. The first-order valence-corrected chi connectivity index (χ1v) is 6.11. The largest absolute Gasteiger partial charge is 1.00 e. The van der Waals surface area contributed by atoms with Gasteiger partial charge in [0.25, 0.3) is 0 Å². The summed E-state index contributed by atoms with van der Waals surface area (Å²) in [6.45, 7) is 2.60. The second kappa shape index (κ2) is 10.0. The van der Waals surface area contributed by atoms with Crippen molar-refractivity contribution in [3.63, 3.8) is 0 Å². The van der Waals surface area contributed by atoms with E-state index >= 15 is 0 Å². The Kier molecular flexibility index (Phi) is 9.57. The predicted octanol–water partition coefficient (Wildman–Crippen LogP) is -2.17. The number of carboxylic acids is 1. The smallest absolute Gasteiger partial charge is 0.550 e. The zero-order chi connectivity index (χ0) is 13.4. The molecule has 0 heterocycles. The van der Waals surface area contributed by atoms with Crippen LogP contribution in [0.5, 0.6) is 0 Å². The van der Waals surface area contributed by atoms with Gasteiger partial charge < -0.3 is 15.2 Å². The van der Waals surface area contributed by atoms with Crippen LogP contribution in [0.4, 0.5) is 0 Å². The number of carbonyl (C=O) groups is 2. The summed E-state index contributed by atoms with van der Waals surface area (Å²) in [4.78, 5) is 21.6. The SMILES string of the molecule is C[C@@H](CNC(=O)CCCC(=O)[O-])c1ccccc1.[Na+]. The molecule has 0 radical (unpaired) electrons. The molecule has 0 aliphatic carbocycles. The molecular weight excluding hydrogens is 253 g/mol. The van der Waals surface area contributed by atoms with E-state index in [4.69, 9.17) is 0 Å². The van der Waals surface area contributed by atoms with Crippen LogP contribution in [-0.2, 0) is 9.59 Å². The molecular formula is C14H18NNaO3. The van der Waals surface area contributed by atoms with Gasteiger partial charge in [0.1, 0.15) is 0 Å². The predicted molar refractivity (Wildman–Crippen MR) is 66.7 cm³/mol. The number of benzene rings is 1. The molecule has 1 aromatic carbocycles. The third-order valence-electron chi connectivity index (χ3n) is 2.76. The van der Waals surface area contributed by atoms with Crippen molar-refractivity contribution < 1.29 is 44.3 Å². The summed E-state index contributed by atoms with van der Waals surface area (Å²) in [7, 11) is 0. The minimum absolute atomic E-state index is 0. The van der Waals surface area contributed by atoms with Crippen molar-refractivity contribution in [3.05, 3.63) is 35.9 Å². The van der Waals surface area contributed by atoms with Gasteiger partial charge in [0.15, 0.2) is 0 Å². The van der Waals surface area contributed by atoms with Crippen molar-refractivity contribution in [2.75, 3.05) is 6.54 Å². The van der Waals surface area contributed by atoms with Gasteiger partial charge in [-0.15, -0.1) is 0 Å². The van der Waals surface area contributed by atoms with Crippen molar-refractivity contribution in [1.29, 1.82) is 0 Å². The molecule has 0 unspecified atom stereocenters. The molecule has 0 aromatic heterocycles. The van der Waals surface area contributed by atoms with Gasteiger partial charge in [-0.05, 0) is 24.3 Å². The third-order valence-corrected chi connectivity index (χ3v) is 2.76. The Morgan fingerprint density at radius 1 is 1.21 bits per heavy atom. The molecule has 1 N–H and O–H groups in total. The molecule has 19 heavy (non-hydrogen) atoms. The average Bonchev–Trinajstić information content (AvgIpc) is 2.36. The molecule has 5 heteroatoms. The van der Waals surface area contributed by atoms with Crippen molar-refractivity contribution in [3.8, 4) is 0 Å². The monoisotopic (exact) mass is 271 g/mol. The van der Waals surface area contributed by atoms with Gasteiger partial charge in [0.05, 0.1) is 0 Å². The molecule has 4 nitrogen and oxygen atoms in total. The van der Waals surface area contributed by atoms with Crippen LogP contribution in [0.1, 0.15) is 37.7 Å². The van der Waals surface area contributed by atoms with Crippen LogP contribution in [0.25, 0.3) is 0 Å². The topological polar surface area (TPSA) is 69.2 Å². The minimum atomic E-state index is -1.11. The fourth-order valence-corrected chi connectivity index (χ4v) is 1.65. The van der Waals surface area contributed by atoms with Crippen molar-refractivity contribution >= 4 is 11.9 Å². The molecule has 0 bridgehead atoms. The van der Waals surface area contributed by atoms with Gasteiger partial charge in [0, 0.05) is 18.9 Å². The van der Waals surface area contributed by atoms with Gasteiger partial charge in [-0.25, -0.2) is 0 Å². The first-order chi connectivity index (χ1) is 8.59. The molecule has 1 amide bonds. The number of carbonyl (C=O) groups excluding carboxylic acids is 2. The summed E-state index contributed by atoms with van der Waals surface area (Å²) in [5.74, 6) is -0.976. The van der Waals surface area contributed by atoms with Crippen LogP contribution in [0, 0.1) is 0 Å². The van der Waals surface area contributed by atoms with Crippen LogP contribution in [-0.4, -0.2) is 18.4 Å². The second-order valence-corrected chi connectivity index (χ2v) is 4.34. The number of carboxylic acid groups (broad SMARTS) is 1. The third kappa shape index (κ3) is 8.03. The van der Waals surface area contributed by atoms with Crippen LogP contribution in [0.3, 0.4) is 0 Å². The molecule has 0 saturated heterocycles. The normalized spacial score (nSPS) is 11.2. The Balaban J connectivity index is 0.00000324. The average molecular weight is 271 g/mol. The molecule has 0 spiro atoms. The number of nitrogens with one attached hydrogen (secondary N) is 1. The van der Waals surface area contributed by atoms with E-state index in [-0.39, 0.29) is 54.2 Å². The second-order valence-electron chi connectivity index (χ2n) is 4.34. The molecule has 0 aliphatic rings. The summed E-state index contributed by atoms with van der Waals surface area (Å²) in [6, 6.07) is 9.93. The molecule has 1 aromatic rings. The maximum atomic E-state index is 11.4. The molecule has 0 aliphatic heterocycles. The minimum Gasteiger partial charge on any atom is -0.550 e. The fourth-order valence-electron chi connectivity index (χ4n) is 1.65. The van der Waals surface area contributed by atoms with E-state index in [1.54, 1.807) is 0 Å². The number of amides is 1. The number of hydrogen-bond acceptors (Lipinski definition) is 3. The van der Waals surface area contributed by atoms with E-state index in [1.807, 2.05) is 37.3 Å². The Morgan fingerprint density at radius 3 is 2.42 bits per heavy atom. The molecule has 98 valence electrons. The molecule has 1 atom stereocenters. The standard InChI is InChI=1S/C14H19NO3.Na/c1-11(12-6-3-2-4-7-12)10-15-13(16)8-5-9-14(17)18;/h2-4,6-7,11H,5,8-10H2,1H3,(H,15,16)(H,17,18);/q;+1/p-1/t11-;/m0./s1. The van der Waals surface area contributed by atoms with Crippen molar-refractivity contribution in [1.82, 2.24) is 5.32 Å². The van der Waals surface area contributed by atoms with Gasteiger partial charge >= 0.3 is 29.6 Å². The van der Waals surface area contributed by atoms with Crippen molar-refractivity contribution in [2.45, 2.75) is 32.1 Å². The molecule has 1 rings (SSSR count). The van der Waals surface area contributed by atoms with E-state index in [9.17, 15) is 14.7 Å². The Labute approximate surface area is 135 Å². The number of rotatable bonds is 7. The number of hydrogen-bond donors (Lipinski definition) is 1. The van der Waals surface area contributed by atoms with Gasteiger partial charge in [-0.1, -0.05) is 37.3 Å². The van der Waals surface area contributed by atoms with Crippen LogP contribution >= 0.6 is 0 Å². The van der Waals surface area contributed by atoms with E-state index in [1.165, 1.54) is 5.56 Å². The molecule has 0 fully saturated rings. The van der Waals surface area contributed by atoms with Gasteiger partial charge in [0.2, 0.25) is 5.91 Å². The van der Waals surface area contributed by atoms with Crippen LogP contribution < -0.4 is 40.0 Å². The maximum absolute atomic E-state index is 11.4. The van der Waals surface area contributed by atoms with Gasteiger partial charge in [-0.2, -0.15) is 0 Å². The summed E-state index contributed by atoms with van der Waals surface area (Å²) in [5.41, 5.74) is 1.17. The first kappa shape index (κ1) is 18.2. The quantitative estimate of drug-likeness (QED) is 0.574. The van der Waals surface area contributed by atoms with E-state index in [0.29, 0.717) is 13.0 Å². The van der Waals surface area contributed by atoms with Crippen LogP contribution in [0.2, 0.25) is 0 Å². The first-order valence-electron chi connectivity index (χ1n) is 6.11.